The Balaban J connectivity index is 0.00000156. The van der Waals surface area contributed by atoms with Gasteiger partial charge in [0, 0.05) is 49.4 Å². The van der Waals surface area contributed by atoms with Gasteiger partial charge >= 0.3 is 0 Å². The first-order valence-electron chi connectivity index (χ1n) is 7.78. The average molecular weight is 405 g/mol. The van der Waals surface area contributed by atoms with Crippen LogP contribution in [0.4, 0.5) is 0 Å². The second-order valence-electron chi connectivity index (χ2n) is 5.32. The molecule has 3 heterocycles. The van der Waals surface area contributed by atoms with Crippen molar-refractivity contribution in [2.24, 2.45) is 0 Å². The Morgan fingerprint density at radius 3 is 2.88 bits per heavy atom. The fourth-order valence-electron chi connectivity index (χ4n) is 2.38. The number of carbonyl (C=O) groups is 1. The number of rotatable bonds is 6. The second kappa shape index (κ2) is 11.4. The van der Waals surface area contributed by atoms with Crippen LogP contribution in [0.5, 0.6) is 0 Å². The molecule has 0 bridgehead atoms. The van der Waals surface area contributed by atoms with E-state index in [0.717, 1.165) is 35.7 Å². The lowest BCUT2D eigenvalue weighted by molar-refractivity contribution is -0.134. The summed E-state index contributed by atoms with van der Waals surface area (Å²) in [5.41, 5.74) is 2.07. The van der Waals surface area contributed by atoms with E-state index in [4.69, 9.17) is 4.74 Å². The van der Waals surface area contributed by atoms with Crippen LogP contribution in [0.1, 0.15) is 11.4 Å². The van der Waals surface area contributed by atoms with Gasteiger partial charge in [-0.2, -0.15) is 0 Å². The first kappa shape index (κ1) is 21.8. The number of morpholine rings is 1. The van der Waals surface area contributed by atoms with Gasteiger partial charge < -0.3 is 15.4 Å². The second-order valence-corrected chi connectivity index (χ2v) is 6.26. The van der Waals surface area contributed by atoms with Crippen molar-refractivity contribution >= 4 is 42.1 Å². The summed E-state index contributed by atoms with van der Waals surface area (Å²) in [6.07, 6.45) is 4.91. The number of nitrogens with one attached hydrogen (secondary N) is 2. The van der Waals surface area contributed by atoms with E-state index in [0.29, 0.717) is 19.7 Å². The molecule has 138 valence electrons. The van der Waals surface area contributed by atoms with Crippen molar-refractivity contribution in [3.8, 4) is 11.3 Å². The zero-order valence-electron chi connectivity index (χ0n) is 13.6. The molecule has 2 aromatic rings. The Morgan fingerprint density at radius 2 is 2.16 bits per heavy atom. The fourth-order valence-corrected chi connectivity index (χ4v) is 3.23. The third kappa shape index (κ3) is 6.52. The third-order valence-electron chi connectivity index (χ3n) is 3.61. The first-order valence-corrected chi connectivity index (χ1v) is 8.66. The van der Waals surface area contributed by atoms with E-state index < -0.39 is 0 Å². The van der Waals surface area contributed by atoms with Crippen LogP contribution < -0.4 is 10.6 Å². The molecule has 0 radical (unpaired) electrons. The lowest BCUT2D eigenvalue weighted by atomic mass is 10.2. The van der Waals surface area contributed by atoms with Gasteiger partial charge in [0.05, 0.1) is 17.3 Å². The molecule has 6 nitrogen and oxygen atoms in total. The van der Waals surface area contributed by atoms with Crippen LogP contribution in [-0.4, -0.2) is 48.2 Å². The molecule has 9 heteroatoms. The number of hydrogen-bond acceptors (Lipinski definition) is 6. The molecule has 1 aliphatic rings. The van der Waals surface area contributed by atoms with Crippen molar-refractivity contribution in [3.05, 3.63) is 34.9 Å². The van der Waals surface area contributed by atoms with E-state index in [1.54, 1.807) is 23.7 Å². The van der Waals surface area contributed by atoms with Crippen molar-refractivity contribution in [3.63, 3.8) is 0 Å². The SMILES string of the molecule is Cl.Cl.O=C(NCCCc1nc(-c2ccncc2)cs1)C1CNCCO1. The number of carbonyl (C=O) groups excluding carboxylic acids is 1. The highest BCUT2D eigenvalue weighted by atomic mass is 35.5. The normalized spacial score (nSPS) is 16.4. The zero-order chi connectivity index (χ0) is 15.9. The topological polar surface area (TPSA) is 76.1 Å². The van der Waals surface area contributed by atoms with Crippen LogP contribution in [0.15, 0.2) is 29.9 Å². The maximum atomic E-state index is 11.9. The Labute approximate surface area is 163 Å². The Morgan fingerprint density at radius 1 is 1.36 bits per heavy atom. The molecule has 0 spiro atoms. The van der Waals surface area contributed by atoms with Gasteiger partial charge in [-0.1, -0.05) is 0 Å². The quantitative estimate of drug-likeness (QED) is 0.720. The monoisotopic (exact) mass is 404 g/mol. The summed E-state index contributed by atoms with van der Waals surface area (Å²) in [5.74, 6) is -0.0335. The summed E-state index contributed by atoms with van der Waals surface area (Å²) < 4.78 is 5.42. The highest BCUT2D eigenvalue weighted by Crippen LogP contribution is 2.21. The number of hydrogen-bond donors (Lipinski definition) is 2. The van der Waals surface area contributed by atoms with Gasteiger partial charge in [-0.25, -0.2) is 4.98 Å². The van der Waals surface area contributed by atoms with Gasteiger partial charge in [0.1, 0.15) is 6.10 Å². The van der Waals surface area contributed by atoms with Gasteiger partial charge in [0.2, 0.25) is 5.91 Å². The Bertz CT molecular complexity index is 636. The van der Waals surface area contributed by atoms with Crippen molar-refractivity contribution in [1.82, 2.24) is 20.6 Å². The molecular weight excluding hydrogens is 383 g/mol. The maximum absolute atomic E-state index is 11.9. The number of amides is 1. The number of ether oxygens (including phenoxy) is 1. The summed E-state index contributed by atoms with van der Waals surface area (Å²) in [6, 6.07) is 3.91. The summed E-state index contributed by atoms with van der Waals surface area (Å²) in [5, 5.41) is 9.22. The predicted octanol–water partition coefficient (Wildman–Crippen LogP) is 2.09. The first-order chi connectivity index (χ1) is 11.3. The Hall–Kier alpha value is -1.25. The largest absolute Gasteiger partial charge is 0.366 e. The molecule has 3 rings (SSSR count). The standard InChI is InChI=1S/C16H20N4O2S.2ClH/c21-16(14-10-18-8-9-22-14)19-5-1-2-15-20-13(11-23-15)12-3-6-17-7-4-12;;/h3-4,6-7,11,14,18H,1-2,5,8-10H2,(H,19,21);2*1H. The van der Waals surface area contributed by atoms with Gasteiger partial charge in [0.25, 0.3) is 0 Å². The molecule has 1 amide bonds. The Kier molecular flexibility index (Phi) is 9.92. The van der Waals surface area contributed by atoms with Crippen LogP contribution in [-0.2, 0) is 16.0 Å². The van der Waals surface area contributed by atoms with E-state index >= 15 is 0 Å². The molecule has 1 unspecified atom stereocenters. The van der Waals surface area contributed by atoms with Gasteiger partial charge in [0.15, 0.2) is 0 Å². The van der Waals surface area contributed by atoms with Crippen molar-refractivity contribution < 1.29 is 9.53 Å². The maximum Gasteiger partial charge on any atom is 0.250 e. The summed E-state index contributed by atoms with van der Waals surface area (Å²) >= 11 is 1.65. The van der Waals surface area contributed by atoms with Gasteiger partial charge in [-0.05, 0) is 18.6 Å². The highest BCUT2D eigenvalue weighted by Gasteiger charge is 2.20. The fraction of sp³-hybridized carbons (Fsp3) is 0.438. The van der Waals surface area contributed by atoms with Crippen LogP contribution in [0.25, 0.3) is 11.3 Å². The molecule has 25 heavy (non-hydrogen) atoms. The average Bonchev–Trinajstić information content (AvgIpc) is 3.09. The van der Waals surface area contributed by atoms with Crippen LogP contribution in [0.2, 0.25) is 0 Å². The number of thiazole rings is 1. The van der Waals surface area contributed by atoms with E-state index in [9.17, 15) is 4.79 Å². The zero-order valence-corrected chi connectivity index (χ0v) is 16.1. The number of aryl methyl sites for hydroxylation is 1. The minimum atomic E-state index is -0.359. The van der Waals surface area contributed by atoms with Crippen molar-refractivity contribution in [2.75, 3.05) is 26.2 Å². The van der Waals surface area contributed by atoms with Crippen molar-refractivity contribution in [1.29, 1.82) is 0 Å². The molecule has 0 saturated carbocycles. The third-order valence-corrected chi connectivity index (χ3v) is 4.52. The number of aromatic nitrogens is 2. The van der Waals surface area contributed by atoms with E-state index in [1.807, 2.05) is 12.1 Å². The molecule has 0 aromatic carbocycles. The lowest BCUT2D eigenvalue weighted by Gasteiger charge is -2.22. The summed E-state index contributed by atoms with van der Waals surface area (Å²) in [7, 11) is 0. The van der Waals surface area contributed by atoms with Crippen LogP contribution in [0.3, 0.4) is 0 Å². The van der Waals surface area contributed by atoms with Gasteiger partial charge in [-0.15, -0.1) is 36.2 Å². The number of halogens is 2. The lowest BCUT2D eigenvalue weighted by Crippen LogP contribution is -2.48. The van der Waals surface area contributed by atoms with E-state index in [1.165, 1.54) is 0 Å². The molecule has 1 atom stereocenters. The minimum Gasteiger partial charge on any atom is -0.366 e. The molecule has 1 fully saturated rings. The number of pyridine rings is 1. The van der Waals surface area contributed by atoms with Crippen LogP contribution in [0, 0.1) is 0 Å². The number of nitrogens with zero attached hydrogens (tertiary/aromatic N) is 2. The molecule has 1 saturated heterocycles. The highest BCUT2D eigenvalue weighted by molar-refractivity contribution is 7.09. The van der Waals surface area contributed by atoms with Gasteiger partial charge in [-0.3, -0.25) is 9.78 Å². The van der Waals surface area contributed by atoms with Crippen LogP contribution >= 0.6 is 36.2 Å². The van der Waals surface area contributed by atoms with Crippen molar-refractivity contribution in [2.45, 2.75) is 18.9 Å². The smallest absolute Gasteiger partial charge is 0.250 e. The molecule has 0 aliphatic carbocycles. The minimum absolute atomic E-state index is 0. The molecule has 2 N–H and O–H groups in total. The van der Waals surface area contributed by atoms with E-state index in [-0.39, 0.29) is 36.8 Å². The molecular formula is C16H22Cl2N4O2S. The molecule has 2 aromatic heterocycles. The van der Waals surface area contributed by atoms with E-state index in [2.05, 4.69) is 26.0 Å². The predicted molar refractivity (Wildman–Crippen MR) is 104 cm³/mol. The molecule has 1 aliphatic heterocycles. The summed E-state index contributed by atoms with van der Waals surface area (Å²) in [4.78, 5) is 20.5. The summed E-state index contributed by atoms with van der Waals surface area (Å²) in [6.45, 7) is 2.64.